The first-order valence-corrected chi connectivity index (χ1v) is 0. The molecule has 32 valence electrons. The maximum absolute atomic E-state index is 0. The molecule has 0 aliphatic heterocycles. The fraction of sp³-hybridized carbons (Fsp3) is 1.00. The van der Waals surface area contributed by atoms with Crippen molar-refractivity contribution in [3.05, 3.63) is 0 Å². The summed E-state index contributed by atoms with van der Waals surface area (Å²) in [7, 11) is 0. The molecule has 0 aromatic rings. The maximum Gasteiger partial charge on any atom is -0.0776 e. The van der Waals surface area contributed by atoms with Crippen molar-refractivity contribution in [1.82, 2.24) is 0 Å². The Bertz CT molecular complexity index is 3.25. The van der Waals surface area contributed by atoms with Gasteiger partial charge in [-0.15, -0.1) is 37.2 Å². The molecule has 0 unspecified atom stereocenters. The zero-order chi connectivity index (χ0) is 0. The molecule has 0 aromatic heterocycles. The molecule has 0 atom stereocenters. The van der Waals surface area contributed by atoms with Gasteiger partial charge in [0.15, 0.2) is 0 Å². The molecular weight excluding hydrogens is 118 g/mol. The first-order valence-electron chi connectivity index (χ1n) is 0. The molecule has 0 saturated heterocycles. The van der Waals surface area contributed by atoms with Gasteiger partial charge in [0.25, 0.3) is 0 Å². The summed E-state index contributed by atoms with van der Waals surface area (Å²) in [6, 6.07) is 0. The van der Waals surface area contributed by atoms with Crippen molar-refractivity contribution in [2.24, 2.45) is 0 Å². The van der Waals surface area contributed by atoms with E-state index in [1.165, 1.54) is 0 Å². The van der Waals surface area contributed by atoms with Gasteiger partial charge in [0.1, 0.15) is 0 Å². The van der Waals surface area contributed by atoms with E-state index in [0.29, 0.717) is 0 Å². The number of hydrogen-bond acceptors (Lipinski definition) is 0. The van der Waals surface area contributed by atoms with E-state index >= 15 is 0 Å². The summed E-state index contributed by atoms with van der Waals surface area (Å²) in [5, 5.41) is 0. The zero-order valence-corrected chi connectivity index (χ0v) is 3.67. The molecule has 0 saturated carbocycles. The van der Waals surface area contributed by atoms with Crippen LogP contribution in [0.3, 0.4) is 0 Å². The quantitative estimate of drug-likeness (QED) is 0.464. The second-order valence-corrected chi connectivity index (χ2v) is 0. The van der Waals surface area contributed by atoms with Crippen molar-refractivity contribution in [1.29, 1.82) is 0 Å². The van der Waals surface area contributed by atoms with Crippen molar-refractivity contribution < 1.29 is 0 Å². The first kappa shape index (κ1) is 96.4. The predicted molar refractivity (Wildman–Crippen MR) is 28.5 cm³/mol. The molecule has 0 radical (unpaired) electrons. The Balaban J connectivity index is 0. The number of rotatable bonds is 0. The average Bonchev–Trinajstić information content (AvgIpc) is 0. The van der Waals surface area contributed by atoms with Gasteiger partial charge in [0.2, 0.25) is 0 Å². The highest BCUT2D eigenvalue weighted by Gasteiger charge is -0.0775. The molecule has 0 heterocycles. The van der Waals surface area contributed by atoms with Crippen LogP contribution in [0.25, 0.3) is 0 Å². The molecule has 0 bridgehead atoms. The van der Waals surface area contributed by atoms with E-state index in [9.17, 15) is 0 Å². The normalized spacial score (nSPS) is 0. The topological polar surface area (TPSA) is 0 Å². The van der Waals surface area contributed by atoms with Crippen molar-refractivity contribution >= 4 is 37.2 Å². The third-order valence-corrected chi connectivity index (χ3v) is 0. The molecular formula is CH7Cl3. The van der Waals surface area contributed by atoms with Crippen LogP contribution in [0, 0.1) is 0 Å². The number of hydrogen-bond donors (Lipinski definition) is 0. The predicted octanol–water partition coefficient (Wildman–Crippen LogP) is 1.90. The summed E-state index contributed by atoms with van der Waals surface area (Å²) in [5.41, 5.74) is 0. The fourth-order valence-electron chi connectivity index (χ4n) is 0. The van der Waals surface area contributed by atoms with Gasteiger partial charge >= 0.3 is 0 Å². The third kappa shape index (κ3) is 13.3. The Hall–Kier alpha value is 0.870. The summed E-state index contributed by atoms with van der Waals surface area (Å²) >= 11 is 0. The van der Waals surface area contributed by atoms with E-state index in [4.69, 9.17) is 0 Å². The van der Waals surface area contributed by atoms with E-state index in [1.54, 1.807) is 0 Å². The van der Waals surface area contributed by atoms with Gasteiger partial charge in [-0.3, -0.25) is 0 Å². The van der Waals surface area contributed by atoms with Crippen LogP contribution in [0.15, 0.2) is 0 Å². The highest BCUT2D eigenvalue weighted by atomic mass is 35.5. The van der Waals surface area contributed by atoms with E-state index in [-0.39, 0.29) is 44.6 Å². The summed E-state index contributed by atoms with van der Waals surface area (Å²) in [5.74, 6) is 0. The van der Waals surface area contributed by atoms with Crippen LogP contribution >= 0.6 is 37.2 Å². The van der Waals surface area contributed by atoms with Gasteiger partial charge in [-0.05, 0) is 0 Å². The minimum Gasteiger partial charge on any atom is -0.147 e. The molecule has 0 amide bonds. The second kappa shape index (κ2) is 42.1. The molecule has 0 rings (SSSR count). The van der Waals surface area contributed by atoms with Crippen molar-refractivity contribution in [3.8, 4) is 0 Å². The molecule has 0 N–H and O–H groups in total. The van der Waals surface area contributed by atoms with Gasteiger partial charge in [-0.2, -0.15) is 0 Å². The summed E-state index contributed by atoms with van der Waals surface area (Å²) < 4.78 is 0. The van der Waals surface area contributed by atoms with Gasteiger partial charge in [-0.1, -0.05) is 7.43 Å². The number of halogens is 3. The summed E-state index contributed by atoms with van der Waals surface area (Å²) in [6.45, 7) is 0. The van der Waals surface area contributed by atoms with E-state index in [2.05, 4.69) is 0 Å². The van der Waals surface area contributed by atoms with Crippen LogP contribution in [0.2, 0.25) is 0 Å². The van der Waals surface area contributed by atoms with Crippen LogP contribution in [0.1, 0.15) is 7.43 Å². The monoisotopic (exact) mass is 124 g/mol. The van der Waals surface area contributed by atoms with Gasteiger partial charge in [0, 0.05) is 0 Å². The lowest BCUT2D eigenvalue weighted by Crippen LogP contribution is 0.144. The van der Waals surface area contributed by atoms with Crippen LogP contribution < -0.4 is 0 Å². The molecule has 3 heteroatoms. The molecule has 0 aromatic carbocycles. The zero-order valence-electron chi connectivity index (χ0n) is 1.22. The SMILES string of the molecule is C.Cl.Cl.Cl. The van der Waals surface area contributed by atoms with E-state index in [0.717, 1.165) is 0 Å². The van der Waals surface area contributed by atoms with Gasteiger partial charge in [-0.25, -0.2) is 0 Å². The van der Waals surface area contributed by atoms with Crippen LogP contribution in [-0.2, 0) is 0 Å². The van der Waals surface area contributed by atoms with E-state index in [1.807, 2.05) is 0 Å². The van der Waals surface area contributed by atoms with Gasteiger partial charge < -0.3 is 0 Å². The van der Waals surface area contributed by atoms with Crippen LogP contribution in [0.4, 0.5) is 0 Å². The molecule has 0 spiro atoms. The maximum atomic E-state index is 0. The largest absolute Gasteiger partial charge is 0.147 e. The molecule has 0 aliphatic carbocycles. The Labute approximate surface area is 45.2 Å². The fourth-order valence-corrected chi connectivity index (χ4v) is 0. The lowest BCUT2D eigenvalue weighted by Gasteiger charge is -0.148. The Morgan fingerprint density at radius 2 is 0.500 bits per heavy atom. The first-order chi connectivity index (χ1) is 0. The average molecular weight is 125 g/mol. The Kier molecular flexibility index (Phi) is 1010. The molecule has 0 aliphatic rings. The minimum absolute atomic E-state index is 0. The summed E-state index contributed by atoms with van der Waals surface area (Å²) in [6.07, 6.45) is 0. The molecule has 0 fully saturated rings. The van der Waals surface area contributed by atoms with Crippen LogP contribution in [0.5, 0.6) is 0 Å². The molecule has 4 heavy (non-hydrogen) atoms. The Morgan fingerprint density at radius 3 is 0.500 bits per heavy atom. The van der Waals surface area contributed by atoms with Crippen molar-refractivity contribution in [2.45, 2.75) is 7.43 Å². The summed E-state index contributed by atoms with van der Waals surface area (Å²) in [4.78, 5) is 0. The highest BCUT2D eigenvalue weighted by molar-refractivity contribution is 5.86. The van der Waals surface area contributed by atoms with Crippen molar-refractivity contribution in [2.75, 3.05) is 0 Å². The van der Waals surface area contributed by atoms with Crippen LogP contribution in [-0.4, -0.2) is 0 Å². The molecule has 0 nitrogen and oxygen atoms in total. The lowest BCUT2D eigenvalue weighted by atomic mass is 12.0. The van der Waals surface area contributed by atoms with E-state index < -0.39 is 0 Å². The standard InChI is InChI=1S/CH4.3ClH/h1H4;3*1H. The lowest BCUT2D eigenvalue weighted by molar-refractivity contribution is 2.50. The highest BCUT2D eigenvalue weighted by Crippen LogP contribution is 0.692. The minimum atomic E-state index is 0. The smallest absolute Gasteiger partial charge is 0.0776 e. The Morgan fingerprint density at radius 1 is 0.500 bits per heavy atom. The third-order valence-electron chi connectivity index (χ3n) is 0. The second-order valence-electron chi connectivity index (χ2n) is 0. The van der Waals surface area contributed by atoms with Gasteiger partial charge in [0.05, 0.1) is 0 Å². The van der Waals surface area contributed by atoms with Crippen molar-refractivity contribution in [3.63, 3.8) is 0 Å².